The van der Waals surface area contributed by atoms with Gasteiger partial charge in [0.05, 0.1) is 18.8 Å². The average Bonchev–Trinajstić information content (AvgIpc) is 2.57. The van der Waals surface area contributed by atoms with Crippen LogP contribution in [0, 0.1) is 0 Å². The molecule has 3 heteroatoms. The zero-order chi connectivity index (χ0) is 17.2. The lowest BCUT2D eigenvalue weighted by Crippen LogP contribution is -2.36. The Kier molecular flexibility index (Phi) is 17.7. The summed E-state index contributed by atoms with van der Waals surface area (Å²) in [7, 11) is 0. The van der Waals surface area contributed by atoms with E-state index in [1.807, 2.05) is 6.08 Å². The van der Waals surface area contributed by atoms with Crippen LogP contribution in [-0.2, 0) is 0 Å². The minimum absolute atomic E-state index is 0.176. The molecule has 0 saturated carbocycles. The van der Waals surface area contributed by atoms with E-state index in [1.54, 1.807) is 6.08 Å². The second-order valence-electron chi connectivity index (χ2n) is 6.80. The molecule has 23 heavy (non-hydrogen) atoms. The topological polar surface area (TPSA) is 66.5 Å². The molecule has 0 fully saturated rings. The van der Waals surface area contributed by atoms with Gasteiger partial charge in [0, 0.05) is 0 Å². The van der Waals surface area contributed by atoms with Crippen molar-refractivity contribution in [2.24, 2.45) is 5.73 Å². The van der Waals surface area contributed by atoms with E-state index in [0.29, 0.717) is 0 Å². The van der Waals surface area contributed by atoms with Crippen LogP contribution >= 0.6 is 0 Å². The Morgan fingerprint density at radius 3 is 1.65 bits per heavy atom. The van der Waals surface area contributed by atoms with Gasteiger partial charge in [-0.1, -0.05) is 96.1 Å². The van der Waals surface area contributed by atoms with Gasteiger partial charge in [0.25, 0.3) is 0 Å². The fourth-order valence-electron chi connectivity index (χ4n) is 2.77. The lowest BCUT2D eigenvalue weighted by Gasteiger charge is -2.11. The van der Waals surface area contributed by atoms with Gasteiger partial charge in [-0.05, 0) is 12.8 Å². The van der Waals surface area contributed by atoms with Crippen LogP contribution in [0.15, 0.2) is 12.2 Å². The Morgan fingerprint density at radius 1 is 0.783 bits per heavy atom. The molecule has 0 amide bonds. The van der Waals surface area contributed by atoms with E-state index in [2.05, 4.69) is 6.92 Å². The van der Waals surface area contributed by atoms with E-state index in [-0.39, 0.29) is 6.61 Å². The van der Waals surface area contributed by atoms with Crippen molar-refractivity contribution in [3.8, 4) is 0 Å². The van der Waals surface area contributed by atoms with Gasteiger partial charge in [-0.25, -0.2) is 0 Å². The second kappa shape index (κ2) is 18.0. The molecule has 0 aromatic heterocycles. The molecule has 0 aromatic rings. The quantitative estimate of drug-likeness (QED) is 0.268. The summed E-state index contributed by atoms with van der Waals surface area (Å²) in [6, 6.07) is -0.558. The van der Waals surface area contributed by atoms with Crippen molar-refractivity contribution in [3.63, 3.8) is 0 Å². The molecule has 0 aliphatic rings. The number of unbranched alkanes of at least 4 members (excludes halogenated alkanes) is 13. The number of allylic oxidation sites excluding steroid dienone is 1. The minimum Gasteiger partial charge on any atom is -0.395 e. The van der Waals surface area contributed by atoms with Crippen LogP contribution < -0.4 is 5.73 Å². The molecule has 0 saturated heterocycles. The first-order valence-electron chi connectivity index (χ1n) is 9.93. The molecule has 1 unspecified atom stereocenters. The summed E-state index contributed by atoms with van der Waals surface area (Å²) in [6.07, 6.45) is 21.7. The Morgan fingerprint density at radius 2 is 1.22 bits per heavy atom. The van der Waals surface area contributed by atoms with E-state index in [9.17, 15) is 5.11 Å². The van der Waals surface area contributed by atoms with Crippen LogP contribution in [0.4, 0.5) is 0 Å². The molecule has 4 N–H and O–H groups in total. The van der Waals surface area contributed by atoms with E-state index in [4.69, 9.17) is 10.8 Å². The minimum atomic E-state index is -0.720. The fraction of sp³-hybridized carbons (Fsp3) is 0.900. The molecule has 0 aromatic carbocycles. The maximum atomic E-state index is 9.55. The van der Waals surface area contributed by atoms with Crippen LogP contribution in [0.3, 0.4) is 0 Å². The Labute approximate surface area is 144 Å². The van der Waals surface area contributed by atoms with Gasteiger partial charge in [-0.15, -0.1) is 0 Å². The zero-order valence-corrected chi connectivity index (χ0v) is 15.4. The highest BCUT2D eigenvalue weighted by molar-refractivity contribution is 4.93. The molecule has 3 nitrogen and oxygen atoms in total. The van der Waals surface area contributed by atoms with Gasteiger partial charge in [0.15, 0.2) is 0 Å². The van der Waals surface area contributed by atoms with Crippen molar-refractivity contribution in [1.82, 2.24) is 0 Å². The van der Waals surface area contributed by atoms with Gasteiger partial charge in [-0.2, -0.15) is 0 Å². The first-order chi connectivity index (χ1) is 11.2. The number of hydrogen-bond donors (Lipinski definition) is 3. The highest BCUT2D eigenvalue weighted by Crippen LogP contribution is 2.13. The van der Waals surface area contributed by atoms with Crippen molar-refractivity contribution in [3.05, 3.63) is 12.2 Å². The molecule has 0 rings (SSSR count). The fourth-order valence-corrected chi connectivity index (χ4v) is 2.77. The van der Waals surface area contributed by atoms with Crippen molar-refractivity contribution in [1.29, 1.82) is 0 Å². The number of aliphatic hydroxyl groups excluding tert-OH is 2. The lowest BCUT2D eigenvalue weighted by atomic mass is 10.0. The van der Waals surface area contributed by atoms with Gasteiger partial charge in [0.1, 0.15) is 0 Å². The molecule has 0 aliphatic carbocycles. The predicted molar refractivity (Wildman–Crippen MR) is 101 cm³/mol. The first kappa shape index (κ1) is 22.6. The summed E-state index contributed by atoms with van der Waals surface area (Å²) in [6.45, 7) is 2.09. The summed E-state index contributed by atoms with van der Waals surface area (Å²) in [4.78, 5) is 0. The first-order valence-corrected chi connectivity index (χ1v) is 9.93. The van der Waals surface area contributed by atoms with Gasteiger partial charge in [-0.3, -0.25) is 0 Å². The average molecular weight is 328 g/mol. The van der Waals surface area contributed by atoms with Crippen molar-refractivity contribution in [2.45, 2.75) is 109 Å². The molecule has 0 spiro atoms. The molecule has 2 atom stereocenters. The second-order valence-corrected chi connectivity index (χ2v) is 6.80. The van der Waals surface area contributed by atoms with Gasteiger partial charge in [0.2, 0.25) is 0 Å². The normalized spacial score (nSPS) is 14.4. The van der Waals surface area contributed by atoms with Gasteiger partial charge >= 0.3 is 0 Å². The summed E-state index contributed by atoms with van der Waals surface area (Å²) in [5, 5.41) is 18.4. The van der Waals surface area contributed by atoms with Crippen molar-refractivity contribution < 1.29 is 10.2 Å². The largest absolute Gasteiger partial charge is 0.395 e. The maximum Gasteiger partial charge on any atom is 0.0894 e. The van der Waals surface area contributed by atoms with E-state index in [0.717, 1.165) is 6.42 Å². The van der Waals surface area contributed by atoms with E-state index >= 15 is 0 Å². The van der Waals surface area contributed by atoms with Crippen LogP contribution in [0.1, 0.15) is 96.8 Å². The Balaban J connectivity index is 3.17. The molecule has 0 bridgehead atoms. The number of rotatable bonds is 17. The highest BCUT2D eigenvalue weighted by atomic mass is 16.3. The summed E-state index contributed by atoms with van der Waals surface area (Å²) >= 11 is 0. The Bertz CT molecular complexity index is 256. The molecule has 0 radical (unpaired) electrons. The predicted octanol–water partition coefficient (Wildman–Crippen LogP) is 4.70. The lowest BCUT2D eigenvalue weighted by molar-refractivity contribution is 0.144. The van der Waals surface area contributed by atoms with Crippen LogP contribution in [-0.4, -0.2) is 29.0 Å². The molecular formula is C20H41NO2. The SMILES string of the molecule is CCCCCCCCCCCCCCC/C=C/C(O)[C@@H](N)CO. The van der Waals surface area contributed by atoms with Crippen LogP contribution in [0.2, 0.25) is 0 Å². The monoisotopic (exact) mass is 327 g/mol. The van der Waals surface area contributed by atoms with Gasteiger partial charge < -0.3 is 15.9 Å². The highest BCUT2D eigenvalue weighted by Gasteiger charge is 2.08. The molecule has 0 heterocycles. The van der Waals surface area contributed by atoms with E-state index in [1.165, 1.54) is 83.5 Å². The third-order valence-electron chi connectivity index (χ3n) is 4.46. The zero-order valence-electron chi connectivity index (χ0n) is 15.4. The third kappa shape index (κ3) is 16.3. The standard InChI is InChI=1S/C20H41NO2/c1-2-3-4-5-6-7-8-9-10-11-12-13-14-15-16-17-20(23)19(21)18-22/h16-17,19-20,22-23H,2-15,18,21H2,1H3/b17-16+/t19-,20?/m0/s1. The third-order valence-corrected chi connectivity index (χ3v) is 4.46. The van der Waals surface area contributed by atoms with Crippen molar-refractivity contribution in [2.75, 3.05) is 6.61 Å². The number of aliphatic hydroxyl groups is 2. The Hall–Kier alpha value is -0.380. The summed E-state index contributed by atoms with van der Waals surface area (Å²) in [5.41, 5.74) is 5.53. The number of hydrogen-bond acceptors (Lipinski definition) is 3. The molecule has 0 aliphatic heterocycles. The summed E-state index contributed by atoms with van der Waals surface area (Å²) in [5.74, 6) is 0. The molecule has 138 valence electrons. The smallest absolute Gasteiger partial charge is 0.0894 e. The summed E-state index contributed by atoms with van der Waals surface area (Å²) < 4.78 is 0. The van der Waals surface area contributed by atoms with E-state index < -0.39 is 12.1 Å². The van der Waals surface area contributed by atoms with Crippen LogP contribution in [0.25, 0.3) is 0 Å². The molecular weight excluding hydrogens is 286 g/mol. The van der Waals surface area contributed by atoms with Crippen LogP contribution in [0.5, 0.6) is 0 Å². The maximum absolute atomic E-state index is 9.55. The number of nitrogens with two attached hydrogens (primary N) is 1. The van der Waals surface area contributed by atoms with Crippen molar-refractivity contribution >= 4 is 0 Å².